The van der Waals surface area contributed by atoms with E-state index >= 15 is 0 Å². The average Bonchev–Trinajstić information content (AvgIpc) is 2.42. The SMILES string of the molecule is O=C(CCC1CCCNC1)Nc1c(Cl)cc(Cl)cc1Cl. The fraction of sp³-hybridized carbons (Fsp3) is 0.500. The molecule has 1 heterocycles. The van der Waals surface area contributed by atoms with Crippen molar-refractivity contribution in [2.45, 2.75) is 25.7 Å². The number of rotatable bonds is 4. The number of halogens is 3. The van der Waals surface area contributed by atoms with Gasteiger partial charge in [-0.15, -0.1) is 0 Å². The van der Waals surface area contributed by atoms with Gasteiger partial charge in [-0.25, -0.2) is 0 Å². The third-order valence-corrected chi connectivity index (χ3v) is 4.26. The monoisotopic (exact) mass is 334 g/mol. The maximum Gasteiger partial charge on any atom is 0.224 e. The standard InChI is InChI=1S/C14H17Cl3N2O/c15-10-6-11(16)14(12(17)7-10)19-13(20)4-3-9-2-1-5-18-8-9/h6-7,9,18H,1-5,8H2,(H,19,20). The van der Waals surface area contributed by atoms with Gasteiger partial charge in [0.1, 0.15) is 0 Å². The van der Waals surface area contributed by atoms with E-state index < -0.39 is 0 Å². The van der Waals surface area contributed by atoms with Gasteiger partial charge >= 0.3 is 0 Å². The van der Waals surface area contributed by atoms with E-state index in [0.29, 0.717) is 33.1 Å². The van der Waals surface area contributed by atoms with Gasteiger partial charge in [0.05, 0.1) is 15.7 Å². The van der Waals surface area contributed by atoms with E-state index in [4.69, 9.17) is 34.8 Å². The van der Waals surface area contributed by atoms with Gasteiger partial charge in [-0.2, -0.15) is 0 Å². The van der Waals surface area contributed by atoms with Crippen molar-refractivity contribution in [2.24, 2.45) is 5.92 Å². The summed E-state index contributed by atoms with van der Waals surface area (Å²) in [5.41, 5.74) is 0.435. The van der Waals surface area contributed by atoms with Gasteiger partial charge in [0.15, 0.2) is 0 Å². The van der Waals surface area contributed by atoms with Crippen molar-refractivity contribution in [3.8, 4) is 0 Å². The minimum absolute atomic E-state index is 0.0679. The van der Waals surface area contributed by atoms with E-state index in [1.165, 1.54) is 12.8 Å². The highest BCUT2D eigenvalue weighted by atomic mass is 35.5. The molecule has 3 nitrogen and oxygen atoms in total. The van der Waals surface area contributed by atoms with Crippen LogP contribution in [0.25, 0.3) is 0 Å². The lowest BCUT2D eigenvalue weighted by atomic mass is 9.94. The van der Waals surface area contributed by atoms with Gasteiger partial charge in [0.2, 0.25) is 5.91 Å². The van der Waals surface area contributed by atoms with Crippen molar-refractivity contribution in [1.29, 1.82) is 0 Å². The molecule has 6 heteroatoms. The maximum atomic E-state index is 12.0. The second kappa shape index (κ2) is 7.51. The minimum Gasteiger partial charge on any atom is -0.324 e. The largest absolute Gasteiger partial charge is 0.324 e. The van der Waals surface area contributed by atoms with Crippen LogP contribution in [0.3, 0.4) is 0 Å². The van der Waals surface area contributed by atoms with Crippen LogP contribution < -0.4 is 10.6 Å². The molecule has 1 atom stereocenters. The predicted molar refractivity (Wildman–Crippen MR) is 84.9 cm³/mol. The van der Waals surface area contributed by atoms with Gasteiger partial charge in [0.25, 0.3) is 0 Å². The second-order valence-electron chi connectivity index (χ2n) is 5.04. The maximum absolute atomic E-state index is 12.0. The Morgan fingerprint density at radius 3 is 2.60 bits per heavy atom. The normalized spacial score (nSPS) is 18.9. The van der Waals surface area contributed by atoms with Crippen LogP contribution in [0.2, 0.25) is 15.1 Å². The molecule has 1 amide bonds. The summed E-state index contributed by atoms with van der Waals surface area (Å²) in [5.74, 6) is 0.507. The number of hydrogen-bond acceptors (Lipinski definition) is 2. The lowest BCUT2D eigenvalue weighted by molar-refractivity contribution is -0.116. The Balaban J connectivity index is 1.88. The van der Waals surface area contributed by atoms with Gasteiger partial charge in [0, 0.05) is 11.4 Å². The van der Waals surface area contributed by atoms with Crippen molar-refractivity contribution >= 4 is 46.4 Å². The molecule has 1 aliphatic heterocycles. The van der Waals surface area contributed by atoms with E-state index in [2.05, 4.69) is 10.6 Å². The van der Waals surface area contributed by atoms with Crippen molar-refractivity contribution in [3.63, 3.8) is 0 Å². The molecule has 0 aliphatic carbocycles. The van der Waals surface area contributed by atoms with Crippen molar-refractivity contribution in [1.82, 2.24) is 5.32 Å². The zero-order chi connectivity index (χ0) is 14.5. The first-order valence-corrected chi connectivity index (χ1v) is 7.85. The molecule has 2 N–H and O–H groups in total. The molecule has 110 valence electrons. The number of carbonyl (C=O) groups is 1. The Hall–Kier alpha value is -0.480. The van der Waals surface area contributed by atoms with Gasteiger partial charge in [-0.1, -0.05) is 34.8 Å². The van der Waals surface area contributed by atoms with Gasteiger partial charge < -0.3 is 10.6 Å². The third-order valence-electron chi connectivity index (χ3n) is 3.45. The quantitative estimate of drug-likeness (QED) is 0.858. The fourth-order valence-electron chi connectivity index (χ4n) is 2.37. The Kier molecular flexibility index (Phi) is 5.97. The Labute approximate surface area is 134 Å². The zero-order valence-corrected chi connectivity index (χ0v) is 13.3. The molecule has 0 spiro atoms. The Morgan fingerprint density at radius 2 is 2.00 bits per heavy atom. The lowest BCUT2D eigenvalue weighted by Crippen LogP contribution is -2.30. The third kappa shape index (κ3) is 4.52. The second-order valence-corrected chi connectivity index (χ2v) is 6.29. The molecule has 1 saturated heterocycles. The number of amides is 1. The first-order valence-electron chi connectivity index (χ1n) is 6.71. The average molecular weight is 336 g/mol. The Morgan fingerprint density at radius 1 is 1.30 bits per heavy atom. The summed E-state index contributed by atoms with van der Waals surface area (Å²) in [4.78, 5) is 12.0. The first kappa shape index (κ1) is 15.9. The molecule has 1 unspecified atom stereocenters. The molecule has 2 rings (SSSR count). The van der Waals surface area contributed by atoms with Crippen LogP contribution in [0.15, 0.2) is 12.1 Å². The predicted octanol–water partition coefficient (Wildman–Crippen LogP) is 4.37. The van der Waals surface area contributed by atoms with Crippen molar-refractivity contribution in [2.75, 3.05) is 18.4 Å². The molecular weight excluding hydrogens is 319 g/mol. The zero-order valence-electron chi connectivity index (χ0n) is 11.0. The van der Waals surface area contributed by atoms with Crippen LogP contribution in [0.1, 0.15) is 25.7 Å². The van der Waals surface area contributed by atoms with Gasteiger partial charge in [-0.3, -0.25) is 4.79 Å². The van der Waals surface area contributed by atoms with Crippen molar-refractivity contribution < 1.29 is 4.79 Å². The lowest BCUT2D eigenvalue weighted by Gasteiger charge is -2.22. The number of anilines is 1. The van der Waals surface area contributed by atoms with E-state index in [0.717, 1.165) is 19.5 Å². The number of carbonyl (C=O) groups excluding carboxylic acids is 1. The van der Waals surface area contributed by atoms with Gasteiger partial charge in [-0.05, 0) is 50.4 Å². The first-order chi connectivity index (χ1) is 9.56. The summed E-state index contributed by atoms with van der Waals surface area (Å²) >= 11 is 17.9. The van der Waals surface area contributed by atoms with Crippen LogP contribution in [-0.4, -0.2) is 19.0 Å². The minimum atomic E-state index is -0.0679. The van der Waals surface area contributed by atoms with Crippen LogP contribution >= 0.6 is 34.8 Å². The summed E-state index contributed by atoms with van der Waals surface area (Å²) in [6.45, 7) is 2.08. The summed E-state index contributed by atoms with van der Waals surface area (Å²) in [7, 11) is 0. The number of hydrogen-bond donors (Lipinski definition) is 2. The topological polar surface area (TPSA) is 41.1 Å². The molecule has 1 aromatic carbocycles. The molecule has 1 aliphatic rings. The van der Waals surface area contributed by atoms with Crippen LogP contribution in [0.5, 0.6) is 0 Å². The Bertz CT molecular complexity index is 464. The molecule has 0 saturated carbocycles. The van der Waals surface area contributed by atoms with E-state index in [1.54, 1.807) is 12.1 Å². The van der Waals surface area contributed by atoms with E-state index in [1.807, 2.05) is 0 Å². The summed E-state index contributed by atoms with van der Waals surface area (Å²) < 4.78 is 0. The van der Waals surface area contributed by atoms with E-state index in [9.17, 15) is 4.79 Å². The molecule has 20 heavy (non-hydrogen) atoms. The molecule has 0 radical (unpaired) electrons. The number of benzene rings is 1. The summed E-state index contributed by atoms with van der Waals surface area (Å²) in [6.07, 6.45) is 3.72. The van der Waals surface area contributed by atoms with Crippen LogP contribution in [-0.2, 0) is 4.79 Å². The molecule has 0 aromatic heterocycles. The smallest absolute Gasteiger partial charge is 0.224 e. The highest BCUT2D eigenvalue weighted by molar-refractivity contribution is 6.42. The molecular formula is C14H17Cl3N2O. The fourth-order valence-corrected chi connectivity index (χ4v) is 3.28. The van der Waals surface area contributed by atoms with Crippen LogP contribution in [0.4, 0.5) is 5.69 Å². The highest BCUT2D eigenvalue weighted by Gasteiger charge is 2.16. The summed E-state index contributed by atoms with van der Waals surface area (Å²) in [5, 5.41) is 7.27. The number of nitrogens with one attached hydrogen (secondary N) is 2. The molecule has 0 bridgehead atoms. The highest BCUT2D eigenvalue weighted by Crippen LogP contribution is 2.33. The summed E-state index contributed by atoms with van der Waals surface area (Å²) in [6, 6.07) is 3.13. The van der Waals surface area contributed by atoms with Crippen molar-refractivity contribution in [3.05, 3.63) is 27.2 Å². The van der Waals surface area contributed by atoms with E-state index in [-0.39, 0.29) is 5.91 Å². The molecule has 1 aromatic rings. The van der Waals surface area contributed by atoms with Crippen LogP contribution in [0, 0.1) is 5.92 Å². The molecule has 1 fully saturated rings. The number of piperidine rings is 1.